The van der Waals surface area contributed by atoms with Crippen LogP contribution in [-0.4, -0.2) is 164 Å². The van der Waals surface area contributed by atoms with Crippen LogP contribution in [0.25, 0.3) is 0 Å². The topological polar surface area (TPSA) is 236 Å². The second-order valence-electron chi connectivity index (χ2n) is 30.4. The molecule has 9 N–H and O–H groups in total. The number of rotatable bonds is 78. The highest BCUT2D eigenvalue weighted by molar-refractivity contribution is 6.60. The van der Waals surface area contributed by atoms with Crippen LogP contribution in [0.4, 0.5) is 0 Å². The number of aliphatic hydroxyl groups is 6. The number of carbonyl (C=O) groups excluding carboxylic acids is 3. The molecule has 0 aromatic carbocycles. The lowest BCUT2D eigenvalue weighted by molar-refractivity contribution is -0.910. The molecule has 0 atom stereocenters. The Bertz CT molecular complexity index is 1570. The van der Waals surface area contributed by atoms with Gasteiger partial charge < -0.3 is 64.4 Å². The monoisotopic (exact) mass is 1400 g/mol. The van der Waals surface area contributed by atoms with E-state index in [1.165, 1.54) is 225 Å². The zero-order chi connectivity index (χ0) is 71.6. The van der Waals surface area contributed by atoms with Gasteiger partial charge in [-0.1, -0.05) is 317 Å². The van der Waals surface area contributed by atoms with Gasteiger partial charge in [0.25, 0.3) is 0 Å². The van der Waals surface area contributed by atoms with Crippen molar-refractivity contribution in [3.63, 3.8) is 0 Å². The predicted octanol–water partition coefficient (Wildman–Crippen LogP) is 17.5. The van der Waals surface area contributed by atoms with E-state index in [0.717, 1.165) is 101 Å². The first-order valence-electron chi connectivity index (χ1n) is 41.5. The van der Waals surface area contributed by atoms with E-state index in [1.807, 2.05) is 0 Å². The van der Waals surface area contributed by atoms with Crippen LogP contribution in [0.1, 0.15) is 388 Å². The fraction of sp³-hybridized carbons (Fsp3) is 0.963. The Labute approximate surface area is 599 Å². The largest absolute Gasteiger partial charge is 0.501 e. The minimum absolute atomic E-state index is 0.132. The molecule has 16 nitrogen and oxygen atoms in total. The number of quaternary nitrogens is 1. The van der Waals surface area contributed by atoms with Crippen LogP contribution in [0.15, 0.2) is 0 Å². The summed E-state index contributed by atoms with van der Waals surface area (Å²) in [5.74, 6) is -1.05. The number of unbranched alkanes of at least 4 members (excludes halogenated alkanes) is 46. The van der Waals surface area contributed by atoms with E-state index in [-0.39, 0.29) is 43.0 Å². The molecule has 0 radical (unpaired) electrons. The van der Waals surface area contributed by atoms with Gasteiger partial charge in [-0.05, 0) is 44.9 Å². The quantitative estimate of drug-likeness (QED) is 0.0157. The van der Waals surface area contributed by atoms with Crippen molar-refractivity contribution in [2.45, 2.75) is 410 Å². The van der Waals surface area contributed by atoms with Crippen LogP contribution in [0.5, 0.6) is 0 Å². The molecule has 3 amide bonds. The maximum absolute atomic E-state index is 13.9. The lowest BCUT2D eigenvalue weighted by atomic mass is 10.0. The van der Waals surface area contributed by atoms with Crippen molar-refractivity contribution >= 4 is 26.5 Å². The van der Waals surface area contributed by atoms with Gasteiger partial charge in [0.1, 0.15) is 16.6 Å². The van der Waals surface area contributed by atoms with E-state index in [2.05, 4.69) is 57.6 Å². The Hall–Kier alpha value is -1.77. The molecule has 0 heterocycles. The van der Waals surface area contributed by atoms with Gasteiger partial charge in [0.05, 0.1) is 86.1 Å². The SMILES string of the molecule is CCCCCCCCCCCCCCCC(=O)NC(CO)(CO)CO[Si](CCC[N+](C)(CCCCCCCC)CCCCCCCC)(OCC(CO)(CO)NC(=O)CCCCCCCCCCCCCCC)OCC(CO)(CO)NC(=O)CCCCCCCCCCCCCCC. The molecule has 0 aliphatic carbocycles. The van der Waals surface area contributed by atoms with Crippen molar-refractivity contribution in [2.24, 2.45) is 0 Å². The minimum Gasteiger partial charge on any atom is -0.394 e. The summed E-state index contributed by atoms with van der Waals surface area (Å²) in [7, 11) is -2.08. The average molecular weight is 1400 g/mol. The summed E-state index contributed by atoms with van der Waals surface area (Å²) >= 11 is 0. The van der Waals surface area contributed by atoms with E-state index >= 15 is 0 Å². The summed E-state index contributed by atoms with van der Waals surface area (Å²) in [5.41, 5.74) is -5.09. The summed E-state index contributed by atoms with van der Waals surface area (Å²) in [6.07, 6.45) is 60.5. The number of hydrogen-bond acceptors (Lipinski definition) is 12. The van der Waals surface area contributed by atoms with E-state index in [4.69, 9.17) is 13.3 Å². The van der Waals surface area contributed by atoms with E-state index in [1.54, 1.807) is 0 Å². The molecule has 0 saturated heterocycles. The lowest BCUT2D eigenvalue weighted by Crippen LogP contribution is -2.65. The smallest absolute Gasteiger partial charge is 0.394 e. The molecule has 0 rings (SSSR count). The maximum atomic E-state index is 13.9. The van der Waals surface area contributed by atoms with Crippen molar-refractivity contribution in [3.8, 4) is 0 Å². The summed E-state index contributed by atoms with van der Waals surface area (Å²) < 4.78 is 21.7. The third-order valence-corrected chi connectivity index (χ3v) is 23.3. The first-order valence-corrected chi connectivity index (χ1v) is 43.4. The van der Waals surface area contributed by atoms with Crippen molar-refractivity contribution in [3.05, 3.63) is 0 Å². The number of nitrogens with zero attached hydrogens (tertiary/aromatic N) is 1. The number of aliphatic hydroxyl groups excluding tert-OH is 6. The van der Waals surface area contributed by atoms with Gasteiger partial charge in [-0.15, -0.1) is 0 Å². The fourth-order valence-corrected chi connectivity index (χ4v) is 16.2. The van der Waals surface area contributed by atoms with Crippen molar-refractivity contribution in [1.82, 2.24) is 16.0 Å². The van der Waals surface area contributed by atoms with Crippen LogP contribution in [-0.2, 0) is 27.7 Å². The summed E-state index contributed by atoms with van der Waals surface area (Å²) in [6, 6.07) is 0.132. The van der Waals surface area contributed by atoms with Gasteiger partial charge in [-0.3, -0.25) is 14.4 Å². The Morgan fingerprint density at radius 3 is 0.649 bits per heavy atom. The molecule has 0 fully saturated rings. The van der Waals surface area contributed by atoms with Crippen LogP contribution < -0.4 is 16.0 Å². The Balaban J connectivity index is 7.04. The first kappa shape index (κ1) is 95.2. The van der Waals surface area contributed by atoms with E-state index in [9.17, 15) is 45.0 Å². The molecule has 578 valence electrons. The molecule has 0 aliphatic heterocycles. The van der Waals surface area contributed by atoms with Crippen LogP contribution in [0.2, 0.25) is 6.04 Å². The normalized spacial score (nSPS) is 12.5. The van der Waals surface area contributed by atoms with E-state index < -0.39 is 84.9 Å². The maximum Gasteiger partial charge on any atom is 0.501 e. The van der Waals surface area contributed by atoms with Crippen LogP contribution >= 0.6 is 0 Å². The minimum atomic E-state index is -4.39. The van der Waals surface area contributed by atoms with Crippen LogP contribution in [0, 0.1) is 0 Å². The molecule has 0 saturated carbocycles. The molecular weight excluding hydrogens is 1240 g/mol. The second-order valence-corrected chi connectivity index (χ2v) is 33.1. The third kappa shape index (κ3) is 52.8. The summed E-state index contributed by atoms with van der Waals surface area (Å²) in [6.45, 7) is 8.29. The molecule has 0 aromatic heterocycles. The summed E-state index contributed by atoms with van der Waals surface area (Å²) in [5, 5.41) is 75.9. The number of amides is 3. The molecule has 0 aliphatic rings. The van der Waals surface area contributed by atoms with Crippen molar-refractivity contribution < 1.29 is 62.8 Å². The van der Waals surface area contributed by atoms with Gasteiger partial charge in [-0.2, -0.15) is 0 Å². The van der Waals surface area contributed by atoms with Gasteiger partial charge in [0, 0.05) is 31.7 Å². The highest BCUT2D eigenvalue weighted by atomic mass is 28.4. The Morgan fingerprint density at radius 2 is 0.454 bits per heavy atom. The predicted molar refractivity (Wildman–Crippen MR) is 407 cm³/mol. The van der Waals surface area contributed by atoms with Gasteiger partial charge in [-0.25, -0.2) is 0 Å². The molecule has 17 heteroatoms. The zero-order valence-corrected chi connectivity index (χ0v) is 65.7. The molecule has 97 heavy (non-hydrogen) atoms. The Kier molecular flexibility index (Phi) is 65.0. The first-order chi connectivity index (χ1) is 47.2. The second kappa shape index (κ2) is 66.2. The molecule has 0 aromatic rings. The molecule has 0 spiro atoms. The van der Waals surface area contributed by atoms with Gasteiger partial charge in [0.2, 0.25) is 17.7 Å². The van der Waals surface area contributed by atoms with Gasteiger partial charge in [0.15, 0.2) is 0 Å². The van der Waals surface area contributed by atoms with E-state index in [0.29, 0.717) is 32.2 Å². The summed E-state index contributed by atoms with van der Waals surface area (Å²) in [4.78, 5) is 41.6. The lowest BCUT2D eigenvalue weighted by Gasteiger charge is -2.41. The fourth-order valence-electron chi connectivity index (χ4n) is 13.4. The third-order valence-electron chi connectivity index (χ3n) is 20.5. The number of carbonyl (C=O) groups is 3. The Morgan fingerprint density at radius 1 is 0.278 bits per heavy atom. The standard InChI is InChI=1S/C80H162N4O12Si/c1-7-12-17-22-27-30-33-36-39-42-45-48-53-59-75(91)81-78(66-85,67-86)72-94-97(65-58-64-84(6,62-56-51-25-20-15-10-4)63-57-52-26-21-16-11-5,95-73-79(68-87,69-88)82-76(92)60-54-49-46-43-40-37-34-31-28-23-18-13-8-2)96-74-80(70-89,71-90)83-77(93)61-55-50-47-44-41-38-35-32-29-24-19-14-9-3/h85-90H,7-74H2,1-6H3,(H2-,81,82,83,91,92,93)/p+1. The zero-order valence-electron chi connectivity index (χ0n) is 64.7. The van der Waals surface area contributed by atoms with Gasteiger partial charge >= 0.3 is 8.80 Å². The molecular formula is C80H163N4O12Si+. The van der Waals surface area contributed by atoms with Crippen molar-refractivity contribution in [2.75, 3.05) is 86.1 Å². The molecule has 0 bridgehead atoms. The number of hydrogen-bond donors (Lipinski definition) is 9. The highest BCUT2D eigenvalue weighted by Crippen LogP contribution is 2.28. The van der Waals surface area contributed by atoms with Crippen molar-refractivity contribution in [1.29, 1.82) is 0 Å². The highest BCUT2D eigenvalue weighted by Gasteiger charge is 2.49. The average Bonchev–Trinajstić information content (AvgIpc) is 0.895. The number of nitrogens with one attached hydrogen (secondary N) is 3. The van der Waals surface area contributed by atoms with Crippen LogP contribution in [0.3, 0.4) is 0 Å². The molecule has 0 unspecified atom stereocenters.